The summed E-state index contributed by atoms with van der Waals surface area (Å²) in [5, 5.41) is 25.8. The van der Waals surface area contributed by atoms with Crippen molar-refractivity contribution in [2.24, 2.45) is 0 Å². The monoisotopic (exact) mass is 582 g/mol. The van der Waals surface area contributed by atoms with E-state index in [1.54, 1.807) is 36.4 Å². The molecule has 13 nitrogen and oxygen atoms in total. The molecule has 3 rings (SSSR count). The summed E-state index contributed by atoms with van der Waals surface area (Å²) in [6, 6.07) is 12.7. The third-order valence-electron chi connectivity index (χ3n) is 5.93. The van der Waals surface area contributed by atoms with Crippen LogP contribution < -0.4 is 19.7 Å². The average molecular weight is 583 g/mol. The van der Waals surface area contributed by atoms with E-state index in [0.29, 0.717) is 5.75 Å². The highest BCUT2D eigenvalue weighted by atomic mass is 31.2. The number of aliphatic hydroxyl groups excluding tert-OH is 2. The number of hydrogen-bond donors (Lipinski definition) is 4. The summed E-state index contributed by atoms with van der Waals surface area (Å²) in [6.07, 6.45) is -5.44. The molecule has 0 aliphatic carbocycles. The van der Waals surface area contributed by atoms with Gasteiger partial charge in [-0.15, -0.1) is 0 Å². The van der Waals surface area contributed by atoms with E-state index in [0.717, 1.165) is 5.56 Å². The highest BCUT2D eigenvalue weighted by Crippen LogP contribution is 2.48. The van der Waals surface area contributed by atoms with Crippen LogP contribution >= 0.6 is 7.75 Å². The molecule has 0 saturated carbocycles. The van der Waals surface area contributed by atoms with Gasteiger partial charge in [0, 0.05) is 14.0 Å². The first kappa shape index (κ1) is 31.5. The molecule has 7 atom stereocenters. The normalized spacial score (nSPS) is 24.8. The quantitative estimate of drug-likeness (QED) is 0.199. The number of rotatable bonds is 13. The Morgan fingerprint density at radius 3 is 2.30 bits per heavy atom. The Balaban J connectivity index is 1.88. The second kappa shape index (κ2) is 14.6. The molecule has 1 aliphatic heterocycles. The van der Waals surface area contributed by atoms with Crippen LogP contribution in [0.4, 0.5) is 0 Å². The van der Waals surface area contributed by atoms with Crippen molar-refractivity contribution >= 4 is 19.6 Å². The van der Waals surface area contributed by atoms with Crippen molar-refractivity contribution in [2.45, 2.75) is 57.1 Å². The minimum Gasteiger partial charge on any atom is -0.497 e. The fraction of sp³-hybridized carbons (Fsp3) is 0.462. The van der Waals surface area contributed by atoms with Crippen LogP contribution in [0, 0.1) is 0 Å². The Kier molecular flexibility index (Phi) is 11.5. The minimum atomic E-state index is -4.53. The van der Waals surface area contributed by atoms with Crippen molar-refractivity contribution in [1.82, 2.24) is 10.4 Å². The standard InChI is InChI=1S/C26H35N2O11P/c1-16(25(32)36-15-18-8-6-5-7-9-18)28-40(33,38-20-12-10-19(34-3)11-13-20)39-24-22(27-17(2)30)26(35-4)37-21(14-29)23(24)31/h5-13,16,21-24,26,29,31H,14-15H2,1-4H3,(H,27,30)(H,28,33)/t16-,21+,22+,23+,24+,26-,40?/m0/s1. The summed E-state index contributed by atoms with van der Waals surface area (Å²) in [6.45, 7) is 1.98. The van der Waals surface area contributed by atoms with Gasteiger partial charge in [0.05, 0.1) is 13.7 Å². The summed E-state index contributed by atoms with van der Waals surface area (Å²) in [5.41, 5.74) is 0.751. The van der Waals surface area contributed by atoms with Gasteiger partial charge in [-0.05, 0) is 36.8 Å². The van der Waals surface area contributed by atoms with Crippen molar-refractivity contribution in [3.05, 3.63) is 60.2 Å². The maximum Gasteiger partial charge on any atom is 0.459 e. The van der Waals surface area contributed by atoms with Gasteiger partial charge in [-0.2, -0.15) is 5.09 Å². The fourth-order valence-corrected chi connectivity index (χ4v) is 5.65. The van der Waals surface area contributed by atoms with E-state index in [9.17, 15) is 24.4 Å². The van der Waals surface area contributed by atoms with Gasteiger partial charge in [-0.1, -0.05) is 30.3 Å². The van der Waals surface area contributed by atoms with Gasteiger partial charge in [0.25, 0.3) is 0 Å². The van der Waals surface area contributed by atoms with Crippen molar-refractivity contribution in [3.63, 3.8) is 0 Å². The van der Waals surface area contributed by atoms with Crippen LogP contribution in [0.25, 0.3) is 0 Å². The Morgan fingerprint density at radius 1 is 1.07 bits per heavy atom. The lowest BCUT2D eigenvalue weighted by molar-refractivity contribution is -0.259. The summed E-state index contributed by atoms with van der Waals surface area (Å²) < 4.78 is 47.1. The molecule has 2 aromatic carbocycles. The Hall–Kier alpha value is -3.03. The summed E-state index contributed by atoms with van der Waals surface area (Å²) >= 11 is 0. The first-order chi connectivity index (χ1) is 19.1. The fourth-order valence-electron chi connectivity index (χ4n) is 3.94. The number of carbonyl (C=O) groups is 2. The molecule has 4 N–H and O–H groups in total. The van der Waals surface area contributed by atoms with Crippen LogP contribution in [0.3, 0.4) is 0 Å². The zero-order chi connectivity index (χ0) is 29.3. The molecule has 0 radical (unpaired) electrons. The van der Waals surface area contributed by atoms with E-state index in [2.05, 4.69) is 10.4 Å². The van der Waals surface area contributed by atoms with Gasteiger partial charge < -0.3 is 39.0 Å². The van der Waals surface area contributed by atoms with Crippen molar-refractivity contribution in [1.29, 1.82) is 0 Å². The van der Waals surface area contributed by atoms with Gasteiger partial charge in [0.2, 0.25) is 5.91 Å². The predicted molar refractivity (Wildman–Crippen MR) is 141 cm³/mol. The van der Waals surface area contributed by atoms with Crippen molar-refractivity contribution < 1.29 is 52.4 Å². The summed E-state index contributed by atoms with van der Waals surface area (Å²) in [4.78, 5) is 24.7. The lowest BCUT2D eigenvalue weighted by atomic mass is 9.97. The number of esters is 1. The number of methoxy groups -OCH3 is 2. The van der Waals surface area contributed by atoms with Gasteiger partial charge in [-0.3, -0.25) is 14.1 Å². The number of aliphatic hydroxyl groups is 2. The molecule has 14 heteroatoms. The van der Waals surface area contributed by atoms with E-state index < -0.39 is 62.9 Å². The van der Waals surface area contributed by atoms with E-state index in [4.69, 9.17) is 28.0 Å². The van der Waals surface area contributed by atoms with Crippen LogP contribution in [0.15, 0.2) is 54.6 Å². The number of hydrogen-bond acceptors (Lipinski definition) is 11. The predicted octanol–water partition coefficient (Wildman–Crippen LogP) is 1.52. The number of nitrogens with one attached hydrogen (secondary N) is 2. The molecule has 0 spiro atoms. The van der Waals surface area contributed by atoms with E-state index in [1.165, 1.54) is 40.2 Å². The molecular formula is C26H35N2O11P. The topological polar surface area (TPSA) is 171 Å². The molecule has 220 valence electrons. The Labute approximate surface area is 232 Å². The van der Waals surface area contributed by atoms with Crippen LogP contribution in [0.2, 0.25) is 0 Å². The number of benzene rings is 2. The Morgan fingerprint density at radius 2 is 1.73 bits per heavy atom. The number of amides is 1. The van der Waals surface area contributed by atoms with E-state index >= 15 is 0 Å². The van der Waals surface area contributed by atoms with E-state index in [-0.39, 0.29) is 12.4 Å². The second-order valence-corrected chi connectivity index (χ2v) is 10.6. The first-order valence-corrected chi connectivity index (χ1v) is 14.0. The van der Waals surface area contributed by atoms with Crippen molar-refractivity contribution in [2.75, 3.05) is 20.8 Å². The number of ether oxygens (including phenoxy) is 4. The molecule has 40 heavy (non-hydrogen) atoms. The van der Waals surface area contributed by atoms with Gasteiger partial charge in [-0.25, -0.2) is 4.57 Å². The smallest absolute Gasteiger partial charge is 0.459 e. The molecule has 0 aromatic heterocycles. The molecule has 1 unspecified atom stereocenters. The molecular weight excluding hydrogens is 547 g/mol. The maximum absolute atomic E-state index is 14.2. The van der Waals surface area contributed by atoms with Crippen LogP contribution in [-0.4, -0.2) is 79.6 Å². The minimum absolute atomic E-state index is 0.0207. The highest BCUT2D eigenvalue weighted by Gasteiger charge is 2.50. The molecule has 1 heterocycles. The van der Waals surface area contributed by atoms with E-state index in [1.807, 2.05) is 6.07 Å². The molecule has 0 bridgehead atoms. The van der Waals surface area contributed by atoms with Crippen molar-refractivity contribution in [3.8, 4) is 11.5 Å². The highest BCUT2D eigenvalue weighted by molar-refractivity contribution is 7.52. The molecule has 1 amide bonds. The molecule has 2 aromatic rings. The van der Waals surface area contributed by atoms with Crippen LogP contribution in [0.1, 0.15) is 19.4 Å². The zero-order valence-corrected chi connectivity index (χ0v) is 23.5. The molecule has 1 fully saturated rings. The van der Waals surface area contributed by atoms with Crippen LogP contribution in [-0.2, 0) is 39.5 Å². The van der Waals surface area contributed by atoms with Crippen LogP contribution in [0.5, 0.6) is 11.5 Å². The SMILES string of the molecule is COc1ccc(OP(=O)(N[C@@H](C)C(=O)OCc2ccccc2)O[C@H]2[C@H](O)[C@@H](CO)O[C@H](OC)[C@@H]2NC(C)=O)cc1. The molecule has 1 saturated heterocycles. The average Bonchev–Trinajstić information content (AvgIpc) is 2.94. The van der Waals surface area contributed by atoms with Gasteiger partial charge in [0.1, 0.15) is 48.5 Å². The third-order valence-corrected chi connectivity index (χ3v) is 7.61. The molecule has 1 aliphatic rings. The second-order valence-electron chi connectivity index (χ2n) is 8.96. The third kappa shape index (κ3) is 8.48. The van der Waals surface area contributed by atoms with Gasteiger partial charge in [0.15, 0.2) is 6.29 Å². The first-order valence-electron chi connectivity index (χ1n) is 12.4. The Bertz CT molecular complexity index is 1150. The summed E-state index contributed by atoms with van der Waals surface area (Å²) in [7, 11) is -1.76. The van der Waals surface area contributed by atoms with Gasteiger partial charge >= 0.3 is 13.7 Å². The number of carbonyl (C=O) groups excluding carboxylic acids is 2. The zero-order valence-electron chi connectivity index (χ0n) is 22.6. The largest absolute Gasteiger partial charge is 0.497 e. The maximum atomic E-state index is 14.2. The summed E-state index contributed by atoms with van der Waals surface area (Å²) in [5.74, 6) is -0.676. The lowest BCUT2D eigenvalue weighted by Crippen LogP contribution is -2.65. The lowest BCUT2D eigenvalue weighted by Gasteiger charge is -2.44.